The van der Waals surface area contributed by atoms with Gasteiger partial charge in [-0.3, -0.25) is 4.79 Å². The van der Waals surface area contributed by atoms with Gasteiger partial charge in [-0.25, -0.2) is 9.18 Å². The van der Waals surface area contributed by atoms with Crippen LogP contribution in [-0.4, -0.2) is 29.2 Å². The number of benzene rings is 2. The summed E-state index contributed by atoms with van der Waals surface area (Å²) in [5.41, 5.74) is 0.239. The van der Waals surface area contributed by atoms with Crippen LogP contribution in [0.2, 0.25) is 5.02 Å². The zero-order chi connectivity index (χ0) is 20.0. The minimum absolute atomic E-state index is 0.0518. The molecule has 6 nitrogen and oxygen atoms in total. The van der Waals surface area contributed by atoms with Gasteiger partial charge in [-0.1, -0.05) is 23.7 Å². The highest BCUT2D eigenvalue weighted by Gasteiger charge is 2.22. The van der Waals surface area contributed by atoms with Gasteiger partial charge in [0.25, 0.3) is 0 Å². The molecule has 144 valence electrons. The molecule has 0 unspecified atom stereocenters. The molecule has 0 aliphatic carbocycles. The topological polar surface area (TPSA) is 95.9 Å². The number of esters is 1. The van der Waals surface area contributed by atoms with Crippen LogP contribution in [0, 0.1) is 5.82 Å². The SMILES string of the molecule is COC(=O)c1c(O)cc(O)c(Cl)c1CCCCC(=O)Nc1ccccc1F. The fourth-order valence-corrected chi connectivity index (χ4v) is 2.85. The normalized spacial score (nSPS) is 10.5. The zero-order valence-corrected chi connectivity index (χ0v) is 15.3. The van der Waals surface area contributed by atoms with E-state index in [1.807, 2.05) is 0 Å². The summed E-state index contributed by atoms with van der Waals surface area (Å²) in [6, 6.07) is 6.83. The maximum Gasteiger partial charge on any atom is 0.341 e. The Morgan fingerprint density at radius 3 is 2.56 bits per heavy atom. The molecule has 0 aliphatic rings. The van der Waals surface area contributed by atoms with Gasteiger partial charge in [0.1, 0.15) is 22.9 Å². The van der Waals surface area contributed by atoms with E-state index in [-0.39, 0.29) is 46.3 Å². The van der Waals surface area contributed by atoms with E-state index in [0.29, 0.717) is 12.8 Å². The third kappa shape index (κ3) is 5.10. The number of amides is 1. The van der Waals surface area contributed by atoms with Gasteiger partial charge in [-0.05, 0) is 37.0 Å². The Labute approximate surface area is 160 Å². The van der Waals surface area contributed by atoms with Crippen LogP contribution in [-0.2, 0) is 16.0 Å². The van der Waals surface area contributed by atoms with E-state index in [2.05, 4.69) is 10.1 Å². The summed E-state index contributed by atoms with van der Waals surface area (Å²) in [6.45, 7) is 0. The number of para-hydroxylation sites is 1. The number of hydrogen-bond acceptors (Lipinski definition) is 5. The lowest BCUT2D eigenvalue weighted by atomic mass is 9.99. The van der Waals surface area contributed by atoms with E-state index in [4.69, 9.17) is 11.6 Å². The van der Waals surface area contributed by atoms with Crippen molar-refractivity contribution in [2.24, 2.45) is 0 Å². The second-order valence-electron chi connectivity index (χ2n) is 5.81. The molecule has 0 aromatic heterocycles. The van der Waals surface area contributed by atoms with Gasteiger partial charge in [-0.15, -0.1) is 0 Å². The first kappa shape index (κ1) is 20.5. The van der Waals surface area contributed by atoms with Crippen LogP contribution in [0.15, 0.2) is 30.3 Å². The summed E-state index contributed by atoms with van der Waals surface area (Å²) in [5, 5.41) is 22.1. The molecule has 0 heterocycles. The minimum Gasteiger partial charge on any atom is -0.507 e. The average molecular weight is 396 g/mol. The molecular weight excluding hydrogens is 377 g/mol. The standard InChI is InChI=1S/C19H19ClFNO5/c1-27-19(26)17-11(18(20)15(24)10-14(17)23)6-2-5-9-16(25)22-13-8-4-3-7-12(13)21/h3-4,7-8,10,23-24H,2,5-6,9H2,1H3,(H,22,25). The number of nitrogens with one attached hydrogen (secondary N) is 1. The number of unbranched alkanes of at least 4 members (excludes halogenated alkanes) is 1. The lowest BCUT2D eigenvalue weighted by molar-refractivity contribution is -0.116. The van der Waals surface area contributed by atoms with Gasteiger partial charge in [0.15, 0.2) is 0 Å². The summed E-state index contributed by atoms with van der Waals surface area (Å²) >= 11 is 6.05. The lowest BCUT2D eigenvalue weighted by Crippen LogP contribution is -2.12. The van der Waals surface area contributed by atoms with Crippen LogP contribution in [0.5, 0.6) is 11.5 Å². The van der Waals surface area contributed by atoms with Crippen molar-refractivity contribution in [3.63, 3.8) is 0 Å². The number of hydrogen-bond donors (Lipinski definition) is 3. The first-order valence-corrected chi connectivity index (χ1v) is 8.59. The maximum absolute atomic E-state index is 13.5. The van der Waals surface area contributed by atoms with E-state index in [9.17, 15) is 24.2 Å². The Morgan fingerprint density at radius 1 is 1.19 bits per heavy atom. The van der Waals surface area contributed by atoms with E-state index in [1.165, 1.54) is 25.3 Å². The molecule has 0 fully saturated rings. The predicted octanol–water partition coefficient (Wildman–Crippen LogP) is 4.03. The van der Waals surface area contributed by atoms with Crippen molar-refractivity contribution in [2.45, 2.75) is 25.7 Å². The number of halogens is 2. The number of methoxy groups -OCH3 is 1. The van der Waals surface area contributed by atoms with Crippen molar-refractivity contribution in [1.29, 1.82) is 0 Å². The Kier molecular flexibility index (Phi) is 7.01. The zero-order valence-electron chi connectivity index (χ0n) is 14.6. The number of anilines is 1. The molecule has 0 saturated carbocycles. The van der Waals surface area contributed by atoms with Crippen LogP contribution < -0.4 is 5.32 Å². The number of aromatic hydroxyl groups is 2. The monoisotopic (exact) mass is 395 g/mol. The summed E-state index contributed by atoms with van der Waals surface area (Å²) in [4.78, 5) is 23.8. The summed E-state index contributed by atoms with van der Waals surface area (Å²) in [6.07, 6.45) is 1.23. The molecule has 0 radical (unpaired) electrons. The molecule has 0 bridgehead atoms. The number of ether oxygens (including phenoxy) is 1. The van der Waals surface area contributed by atoms with Crippen molar-refractivity contribution < 1.29 is 28.9 Å². The molecule has 1 amide bonds. The highest BCUT2D eigenvalue weighted by Crippen LogP contribution is 2.37. The summed E-state index contributed by atoms with van der Waals surface area (Å²) < 4.78 is 18.1. The van der Waals surface area contributed by atoms with Gasteiger partial charge in [0.05, 0.1) is 17.8 Å². The highest BCUT2D eigenvalue weighted by atomic mass is 35.5. The molecule has 8 heteroatoms. The number of phenolic OH excluding ortho intramolecular Hbond substituents is 2. The smallest absolute Gasteiger partial charge is 0.341 e. The van der Waals surface area contributed by atoms with Crippen molar-refractivity contribution in [3.05, 3.63) is 52.3 Å². The van der Waals surface area contributed by atoms with Crippen molar-refractivity contribution in [1.82, 2.24) is 0 Å². The van der Waals surface area contributed by atoms with Crippen LogP contribution in [0.3, 0.4) is 0 Å². The minimum atomic E-state index is -0.776. The lowest BCUT2D eigenvalue weighted by Gasteiger charge is -2.13. The van der Waals surface area contributed by atoms with Gasteiger partial charge in [0, 0.05) is 12.5 Å². The Morgan fingerprint density at radius 2 is 1.89 bits per heavy atom. The largest absolute Gasteiger partial charge is 0.507 e. The summed E-state index contributed by atoms with van der Waals surface area (Å²) in [7, 11) is 1.17. The second-order valence-corrected chi connectivity index (χ2v) is 6.19. The molecule has 27 heavy (non-hydrogen) atoms. The van der Waals surface area contributed by atoms with Crippen LogP contribution in [0.1, 0.15) is 35.2 Å². The van der Waals surface area contributed by atoms with Gasteiger partial charge in [-0.2, -0.15) is 0 Å². The first-order valence-electron chi connectivity index (χ1n) is 8.21. The molecule has 2 rings (SSSR count). The molecular formula is C19H19ClFNO5. The highest BCUT2D eigenvalue weighted by molar-refractivity contribution is 6.33. The number of rotatable bonds is 7. The Balaban J connectivity index is 1.98. The molecule has 3 N–H and O–H groups in total. The van der Waals surface area contributed by atoms with Crippen LogP contribution in [0.4, 0.5) is 10.1 Å². The fourth-order valence-electron chi connectivity index (χ4n) is 2.61. The van der Waals surface area contributed by atoms with E-state index in [1.54, 1.807) is 6.07 Å². The third-order valence-corrected chi connectivity index (χ3v) is 4.36. The fraction of sp³-hybridized carbons (Fsp3) is 0.263. The van der Waals surface area contributed by atoms with Gasteiger partial charge in [0.2, 0.25) is 5.91 Å². The van der Waals surface area contributed by atoms with E-state index in [0.717, 1.165) is 6.07 Å². The summed E-state index contributed by atoms with van der Waals surface area (Å²) in [5.74, 6) is -2.43. The molecule has 0 spiro atoms. The van der Waals surface area contributed by atoms with Crippen molar-refractivity contribution >= 4 is 29.2 Å². The van der Waals surface area contributed by atoms with E-state index >= 15 is 0 Å². The number of phenols is 2. The van der Waals surface area contributed by atoms with Gasteiger partial charge < -0.3 is 20.3 Å². The quantitative estimate of drug-likeness (QED) is 0.486. The van der Waals surface area contributed by atoms with Gasteiger partial charge >= 0.3 is 5.97 Å². The Bertz CT molecular complexity index is 856. The molecule has 2 aromatic rings. The van der Waals surface area contributed by atoms with Crippen LogP contribution >= 0.6 is 11.6 Å². The predicted molar refractivity (Wildman–Crippen MR) is 98.7 cm³/mol. The third-order valence-electron chi connectivity index (χ3n) is 3.94. The molecule has 2 aromatic carbocycles. The van der Waals surface area contributed by atoms with E-state index < -0.39 is 17.5 Å². The molecule has 0 saturated heterocycles. The molecule has 0 aliphatic heterocycles. The van der Waals surface area contributed by atoms with Crippen molar-refractivity contribution in [2.75, 3.05) is 12.4 Å². The number of carbonyl (C=O) groups is 2. The first-order chi connectivity index (χ1) is 12.8. The average Bonchev–Trinajstić information content (AvgIpc) is 2.63. The second kappa shape index (κ2) is 9.23. The maximum atomic E-state index is 13.5. The van der Waals surface area contributed by atoms with Crippen LogP contribution in [0.25, 0.3) is 0 Å². The Hall–Kier alpha value is -2.80. The molecule has 0 atom stereocenters. The van der Waals surface area contributed by atoms with Crippen molar-refractivity contribution in [3.8, 4) is 11.5 Å². The number of carbonyl (C=O) groups excluding carboxylic acids is 2.